The van der Waals surface area contributed by atoms with Gasteiger partial charge in [0.1, 0.15) is 0 Å². The Kier molecular flexibility index (Phi) is 5.78. The molecule has 0 heterocycles. The summed E-state index contributed by atoms with van der Waals surface area (Å²) in [6.07, 6.45) is 5.58. The monoisotopic (exact) mass is 195 g/mol. The van der Waals surface area contributed by atoms with Crippen LogP contribution in [0, 0.1) is 5.41 Å². The Morgan fingerprint density at radius 2 is 2.00 bits per heavy atom. The van der Waals surface area contributed by atoms with E-state index >= 15 is 0 Å². The largest absolute Gasteiger partial charge is 0.330 e. The molecule has 0 bridgehead atoms. The Morgan fingerprint density at radius 1 is 1.43 bits per heavy atom. The van der Waals surface area contributed by atoms with Gasteiger partial charge in [-0.3, -0.25) is 0 Å². The van der Waals surface area contributed by atoms with Crippen LogP contribution in [-0.2, 0) is 0 Å². The third-order valence-corrected chi connectivity index (χ3v) is 3.15. The van der Waals surface area contributed by atoms with Gasteiger partial charge in [-0.15, -0.1) is 0 Å². The zero-order valence-electron chi connectivity index (χ0n) is 10.2. The first-order chi connectivity index (χ1) is 6.50. The molecule has 82 valence electrons. The molecular weight excluding hydrogens is 170 g/mol. The first kappa shape index (κ1) is 13.4. The van der Waals surface area contributed by atoms with E-state index in [1.165, 1.54) is 11.1 Å². The molecule has 0 rings (SSSR count). The van der Waals surface area contributed by atoms with Crippen molar-refractivity contribution in [2.75, 3.05) is 6.54 Å². The van der Waals surface area contributed by atoms with Gasteiger partial charge in [0.25, 0.3) is 0 Å². The molecule has 0 aromatic heterocycles. The molecule has 0 spiro atoms. The molecule has 0 saturated carbocycles. The van der Waals surface area contributed by atoms with Crippen molar-refractivity contribution < 1.29 is 0 Å². The first-order valence-electron chi connectivity index (χ1n) is 5.56. The normalized spacial score (nSPS) is 16.5. The molecule has 0 aromatic carbocycles. The Morgan fingerprint density at radius 3 is 2.29 bits per heavy atom. The molecular formula is C13H25N. The predicted molar refractivity (Wildman–Crippen MR) is 65.3 cm³/mol. The van der Waals surface area contributed by atoms with E-state index in [2.05, 4.69) is 40.3 Å². The average Bonchev–Trinajstić information content (AvgIpc) is 2.16. The summed E-state index contributed by atoms with van der Waals surface area (Å²) in [5, 5.41) is 0. The summed E-state index contributed by atoms with van der Waals surface area (Å²) in [7, 11) is 0. The first-order valence-corrected chi connectivity index (χ1v) is 5.56. The quantitative estimate of drug-likeness (QED) is 0.643. The summed E-state index contributed by atoms with van der Waals surface area (Å²) >= 11 is 0. The zero-order valence-corrected chi connectivity index (χ0v) is 10.2. The van der Waals surface area contributed by atoms with Gasteiger partial charge in [0, 0.05) is 5.41 Å². The van der Waals surface area contributed by atoms with E-state index in [-0.39, 0.29) is 5.41 Å². The van der Waals surface area contributed by atoms with Gasteiger partial charge in [-0.2, -0.15) is 0 Å². The SMILES string of the molecule is C=C(C)[C@@](C)(/C=C(\CC)CCN)CC. The van der Waals surface area contributed by atoms with Crippen LogP contribution < -0.4 is 5.73 Å². The molecule has 0 aliphatic carbocycles. The smallest absolute Gasteiger partial charge is 0.00570 e. The summed E-state index contributed by atoms with van der Waals surface area (Å²) < 4.78 is 0. The maximum atomic E-state index is 5.58. The fourth-order valence-corrected chi connectivity index (χ4v) is 1.51. The molecule has 1 heteroatoms. The summed E-state index contributed by atoms with van der Waals surface area (Å²) in [4.78, 5) is 0. The van der Waals surface area contributed by atoms with Crippen LogP contribution in [0.1, 0.15) is 47.0 Å². The van der Waals surface area contributed by atoms with Crippen molar-refractivity contribution in [3.8, 4) is 0 Å². The number of hydrogen-bond acceptors (Lipinski definition) is 1. The van der Waals surface area contributed by atoms with Crippen molar-refractivity contribution in [2.45, 2.75) is 47.0 Å². The van der Waals surface area contributed by atoms with Crippen molar-refractivity contribution in [1.82, 2.24) is 0 Å². The fourth-order valence-electron chi connectivity index (χ4n) is 1.51. The second-order valence-electron chi connectivity index (χ2n) is 4.25. The third kappa shape index (κ3) is 3.67. The van der Waals surface area contributed by atoms with Gasteiger partial charge in [0.05, 0.1) is 0 Å². The average molecular weight is 195 g/mol. The van der Waals surface area contributed by atoms with E-state index in [1.54, 1.807) is 0 Å². The van der Waals surface area contributed by atoms with Crippen LogP contribution in [-0.4, -0.2) is 6.54 Å². The zero-order chi connectivity index (χ0) is 11.2. The lowest BCUT2D eigenvalue weighted by Gasteiger charge is -2.26. The van der Waals surface area contributed by atoms with E-state index < -0.39 is 0 Å². The lowest BCUT2D eigenvalue weighted by atomic mass is 9.79. The van der Waals surface area contributed by atoms with Crippen LogP contribution in [0.25, 0.3) is 0 Å². The molecule has 0 fully saturated rings. The second kappa shape index (κ2) is 6.02. The van der Waals surface area contributed by atoms with Crippen molar-refractivity contribution in [3.05, 3.63) is 23.8 Å². The highest BCUT2D eigenvalue weighted by Gasteiger charge is 2.20. The van der Waals surface area contributed by atoms with Crippen LogP contribution >= 0.6 is 0 Å². The summed E-state index contributed by atoms with van der Waals surface area (Å²) in [6.45, 7) is 13.6. The fraction of sp³-hybridized carbons (Fsp3) is 0.692. The Balaban J connectivity index is 4.76. The predicted octanol–water partition coefficient (Wildman–Crippen LogP) is 3.66. The van der Waals surface area contributed by atoms with Gasteiger partial charge < -0.3 is 5.73 Å². The standard InChI is InChI=1S/C13H25N/c1-6-12(8-9-14)10-13(5,7-2)11(3)4/h10H,3,6-9,14H2,1-2,4-5H3/b12-10+/t13-/m1/s1. The molecule has 0 unspecified atom stereocenters. The second-order valence-corrected chi connectivity index (χ2v) is 4.25. The van der Waals surface area contributed by atoms with Gasteiger partial charge in [0.15, 0.2) is 0 Å². The van der Waals surface area contributed by atoms with Crippen molar-refractivity contribution >= 4 is 0 Å². The van der Waals surface area contributed by atoms with Gasteiger partial charge in [0.2, 0.25) is 0 Å². The minimum Gasteiger partial charge on any atom is -0.330 e. The topological polar surface area (TPSA) is 26.0 Å². The van der Waals surface area contributed by atoms with Gasteiger partial charge in [-0.05, 0) is 32.7 Å². The minimum atomic E-state index is 0.153. The van der Waals surface area contributed by atoms with Crippen molar-refractivity contribution in [2.24, 2.45) is 11.1 Å². The number of rotatable bonds is 6. The molecule has 0 aliphatic heterocycles. The van der Waals surface area contributed by atoms with E-state index in [0.29, 0.717) is 0 Å². The van der Waals surface area contributed by atoms with Crippen molar-refractivity contribution in [1.29, 1.82) is 0 Å². The number of nitrogens with two attached hydrogens (primary N) is 1. The lowest BCUT2D eigenvalue weighted by Crippen LogP contribution is -2.14. The van der Waals surface area contributed by atoms with Gasteiger partial charge in [-0.1, -0.05) is 44.6 Å². The maximum absolute atomic E-state index is 5.58. The van der Waals surface area contributed by atoms with Crippen LogP contribution in [0.2, 0.25) is 0 Å². The Hall–Kier alpha value is -0.560. The van der Waals surface area contributed by atoms with E-state index in [0.717, 1.165) is 25.8 Å². The molecule has 1 nitrogen and oxygen atoms in total. The summed E-state index contributed by atoms with van der Waals surface area (Å²) in [6, 6.07) is 0. The number of hydrogen-bond donors (Lipinski definition) is 1. The summed E-state index contributed by atoms with van der Waals surface area (Å²) in [5.74, 6) is 0. The van der Waals surface area contributed by atoms with Crippen LogP contribution in [0.5, 0.6) is 0 Å². The molecule has 0 aliphatic rings. The van der Waals surface area contributed by atoms with Gasteiger partial charge in [-0.25, -0.2) is 0 Å². The highest BCUT2D eigenvalue weighted by atomic mass is 14.5. The highest BCUT2D eigenvalue weighted by Crippen LogP contribution is 2.33. The molecule has 0 aromatic rings. The lowest BCUT2D eigenvalue weighted by molar-refractivity contribution is 0.489. The van der Waals surface area contributed by atoms with E-state index in [4.69, 9.17) is 5.73 Å². The van der Waals surface area contributed by atoms with Crippen molar-refractivity contribution in [3.63, 3.8) is 0 Å². The van der Waals surface area contributed by atoms with E-state index in [1.807, 2.05) is 0 Å². The van der Waals surface area contributed by atoms with Gasteiger partial charge >= 0.3 is 0 Å². The molecule has 0 saturated heterocycles. The maximum Gasteiger partial charge on any atom is 0.00570 e. The molecule has 0 radical (unpaired) electrons. The summed E-state index contributed by atoms with van der Waals surface area (Å²) in [5.41, 5.74) is 8.43. The van der Waals surface area contributed by atoms with Crippen LogP contribution in [0.3, 0.4) is 0 Å². The van der Waals surface area contributed by atoms with Crippen LogP contribution in [0.4, 0.5) is 0 Å². The van der Waals surface area contributed by atoms with Crippen LogP contribution in [0.15, 0.2) is 23.8 Å². The molecule has 2 N–H and O–H groups in total. The third-order valence-electron chi connectivity index (χ3n) is 3.15. The Bertz CT molecular complexity index is 215. The molecule has 1 atom stereocenters. The van der Waals surface area contributed by atoms with E-state index in [9.17, 15) is 0 Å². The Labute approximate surface area is 89.1 Å². The number of allylic oxidation sites excluding steroid dienone is 2. The highest BCUT2D eigenvalue weighted by molar-refractivity contribution is 5.20. The molecule has 0 amide bonds. The minimum absolute atomic E-state index is 0.153. The molecule has 14 heavy (non-hydrogen) atoms.